The molecule has 0 radical (unpaired) electrons. The highest BCUT2D eigenvalue weighted by molar-refractivity contribution is 4.82. The molecule has 1 rings (SSSR count). The Bertz CT molecular complexity index is 184. The molecule has 1 aliphatic rings. The van der Waals surface area contributed by atoms with E-state index < -0.39 is 0 Å². The second-order valence-corrected chi connectivity index (χ2v) is 4.67. The number of likely N-dealkylation sites (N-methyl/N-ethyl adjacent to an activating group) is 2. The molecule has 0 aromatic heterocycles. The van der Waals surface area contributed by atoms with Crippen LogP contribution in [0.2, 0.25) is 0 Å². The van der Waals surface area contributed by atoms with Crippen molar-refractivity contribution in [1.82, 2.24) is 10.2 Å². The third-order valence-electron chi connectivity index (χ3n) is 3.51. The zero-order chi connectivity index (χ0) is 12.5. The van der Waals surface area contributed by atoms with E-state index in [0.29, 0.717) is 12.0 Å². The van der Waals surface area contributed by atoms with E-state index in [4.69, 9.17) is 9.47 Å². The zero-order valence-electron chi connectivity index (χ0n) is 11.6. The van der Waals surface area contributed by atoms with E-state index in [1.165, 1.54) is 6.42 Å². The van der Waals surface area contributed by atoms with Crippen LogP contribution < -0.4 is 5.32 Å². The van der Waals surface area contributed by atoms with E-state index in [1.54, 1.807) is 7.11 Å². The topological polar surface area (TPSA) is 33.7 Å². The van der Waals surface area contributed by atoms with Crippen LogP contribution in [0.25, 0.3) is 0 Å². The van der Waals surface area contributed by atoms with E-state index in [9.17, 15) is 0 Å². The van der Waals surface area contributed by atoms with Crippen molar-refractivity contribution in [3.8, 4) is 0 Å². The first-order chi connectivity index (χ1) is 8.31. The van der Waals surface area contributed by atoms with E-state index in [-0.39, 0.29) is 0 Å². The summed E-state index contributed by atoms with van der Waals surface area (Å²) in [6.07, 6.45) is 1.19. The molecule has 0 aliphatic carbocycles. The summed E-state index contributed by atoms with van der Waals surface area (Å²) in [5.41, 5.74) is 0. The van der Waals surface area contributed by atoms with Crippen LogP contribution in [0, 0.1) is 5.92 Å². The van der Waals surface area contributed by atoms with Crippen molar-refractivity contribution in [2.75, 3.05) is 53.1 Å². The second kappa shape index (κ2) is 8.86. The van der Waals surface area contributed by atoms with E-state index >= 15 is 0 Å². The molecule has 0 amide bonds. The lowest BCUT2D eigenvalue weighted by Crippen LogP contribution is -2.46. The lowest BCUT2D eigenvalue weighted by atomic mass is 9.98. The highest BCUT2D eigenvalue weighted by atomic mass is 16.5. The smallest absolute Gasteiger partial charge is 0.0589 e. The minimum atomic E-state index is 0.555. The Balaban J connectivity index is 2.39. The maximum atomic E-state index is 5.50. The Morgan fingerprint density at radius 1 is 1.47 bits per heavy atom. The molecule has 0 aromatic carbocycles. The third-order valence-corrected chi connectivity index (χ3v) is 3.51. The van der Waals surface area contributed by atoms with Gasteiger partial charge in [0, 0.05) is 38.8 Å². The summed E-state index contributed by atoms with van der Waals surface area (Å²) in [6, 6.07) is 0.555. The van der Waals surface area contributed by atoms with E-state index in [2.05, 4.69) is 24.1 Å². The fourth-order valence-corrected chi connectivity index (χ4v) is 2.39. The van der Waals surface area contributed by atoms with Crippen LogP contribution in [0.5, 0.6) is 0 Å². The number of nitrogens with zero attached hydrogens (tertiary/aromatic N) is 1. The van der Waals surface area contributed by atoms with Crippen molar-refractivity contribution in [3.05, 3.63) is 0 Å². The highest BCUT2D eigenvalue weighted by Crippen LogP contribution is 2.17. The number of nitrogens with one attached hydrogen (secondary N) is 1. The van der Waals surface area contributed by atoms with Gasteiger partial charge in [0.25, 0.3) is 0 Å². The number of methoxy groups -OCH3 is 1. The second-order valence-electron chi connectivity index (χ2n) is 4.67. The summed E-state index contributed by atoms with van der Waals surface area (Å²) in [7, 11) is 1.76. The van der Waals surface area contributed by atoms with Gasteiger partial charge >= 0.3 is 0 Å². The predicted molar refractivity (Wildman–Crippen MR) is 70.4 cm³/mol. The van der Waals surface area contributed by atoms with Gasteiger partial charge in [-0.15, -0.1) is 0 Å². The van der Waals surface area contributed by atoms with Crippen LogP contribution in [0.3, 0.4) is 0 Å². The summed E-state index contributed by atoms with van der Waals surface area (Å²) >= 11 is 0. The van der Waals surface area contributed by atoms with Gasteiger partial charge in [0.2, 0.25) is 0 Å². The normalized spacial score (nSPS) is 22.2. The summed E-state index contributed by atoms with van der Waals surface area (Å²) in [5.74, 6) is 0.673. The van der Waals surface area contributed by atoms with E-state index in [0.717, 1.165) is 46.0 Å². The highest BCUT2D eigenvalue weighted by Gasteiger charge is 2.26. The maximum absolute atomic E-state index is 5.50. The Morgan fingerprint density at radius 3 is 2.82 bits per heavy atom. The number of rotatable bonds is 9. The van der Waals surface area contributed by atoms with Crippen LogP contribution in [0.4, 0.5) is 0 Å². The van der Waals surface area contributed by atoms with Gasteiger partial charge in [0.15, 0.2) is 0 Å². The number of hydrogen-bond acceptors (Lipinski definition) is 4. The molecular weight excluding hydrogens is 216 g/mol. The molecule has 0 aromatic rings. The maximum Gasteiger partial charge on any atom is 0.0589 e. The van der Waals surface area contributed by atoms with Gasteiger partial charge in [0.1, 0.15) is 0 Å². The van der Waals surface area contributed by atoms with Crippen molar-refractivity contribution in [3.63, 3.8) is 0 Å². The Morgan fingerprint density at radius 2 is 2.29 bits per heavy atom. The molecule has 4 nitrogen and oxygen atoms in total. The lowest BCUT2D eigenvalue weighted by molar-refractivity contribution is 0.130. The first-order valence-electron chi connectivity index (χ1n) is 6.84. The Hall–Kier alpha value is -0.160. The van der Waals surface area contributed by atoms with Gasteiger partial charge in [-0.3, -0.25) is 4.90 Å². The molecule has 1 heterocycles. The van der Waals surface area contributed by atoms with Gasteiger partial charge in [-0.25, -0.2) is 0 Å². The fourth-order valence-electron chi connectivity index (χ4n) is 2.39. The van der Waals surface area contributed by atoms with Crippen molar-refractivity contribution >= 4 is 0 Å². The zero-order valence-corrected chi connectivity index (χ0v) is 11.6. The minimum absolute atomic E-state index is 0.555. The molecule has 0 spiro atoms. The fraction of sp³-hybridized carbons (Fsp3) is 1.00. The van der Waals surface area contributed by atoms with Crippen LogP contribution in [-0.2, 0) is 9.47 Å². The first-order valence-corrected chi connectivity index (χ1v) is 6.84. The molecule has 102 valence electrons. The number of hydrogen-bond donors (Lipinski definition) is 1. The summed E-state index contributed by atoms with van der Waals surface area (Å²) in [5, 5.41) is 3.60. The van der Waals surface area contributed by atoms with Gasteiger partial charge in [0.05, 0.1) is 13.2 Å². The van der Waals surface area contributed by atoms with Crippen LogP contribution >= 0.6 is 0 Å². The largest absolute Gasteiger partial charge is 0.383 e. The molecule has 1 N–H and O–H groups in total. The third kappa shape index (κ3) is 5.34. The van der Waals surface area contributed by atoms with Crippen LogP contribution in [0.1, 0.15) is 20.3 Å². The lowest BCUT2D eigenvalue weighted by Gasteiger charge is -2.30. The van der Waals surface area contributed by atoms with Gasteiger partial charge in [-0.05, 0) is 19.5 Å². The quantitative estimate of drug-likeness (QED) is 0.655. The van der Waals surface area contributed by atoms with Crippen molar-refractivity contribution < 1.29 is 9.47 Å². The standard InChI is InChI=1S/C13H28N2O2/c1-4-14-13(12-6-8-17-11-12)10-15(5-2)7-9-16-3/h12-14H,4-11H2,1-3H3. The summed E-state index contributed by atoms with van der Waals surface area (Å²) in [4.78, 5) is 2.45. The van der Waals surface area contributed by atoms with Gasteiger partial charge < -0.3 is 14.8 Å². The molecule has 0 saturated carbocycles. The molecule has 1 saturated heterocycles. The van der Waals surface area contributed by atoms with Gasteiger partial charge in [-0.2, -0.15) is 0 Å². The predicted octanol–water partition coefficient (Wildman–Crippen LogP) is 0.969. The monoisotopic (exact) mass is 244 g/mol. The molecule has 17 heavy (non-hydrogen) atoms. The Labute approximate surface area is 106 Å². The molecule has 4 heteroatoms. The molecular formula is C13H28N2O2. The minimum Gasteiger partial charge on any atom is -0.383 e. The van der Waals surface area contributed by atoms with Crippen molar-refractivity contribution in [2.24, 2.45) is 5.92 Å². The average molecular weight is 244 g/mol. The molecule has 2 atom stereocenters. The molecule has 1 fully saturated rings. The van der Waals surface area contributed by atoms with Crippen molar-refractivity contribution in [2.45, 2.75) is 26.3 Å². The number of ether oxygens (including phenoxy) is 2. The SMILES string of the molecule is CCNC(CN(CC)CCOC)C1CCOC1. The average Bonchev–Trinajstić information content (AvgIpc) is 2.87. The van der Waals surface area contributed by atoms with E-state index in [1.807, 2.05) is 0 Å². The summed E-state index contributed by atoms with van der Waals surface area (Å²) in [6.45, 7) is 11.3. The van der Waals surface area contributed by atoms with Gasteiger partial charge in [-0.1, -0.05) is 13.8 Å². The Kier molecular flexibility index (Phi) is 7.77. The van der Waals surface area contributed by atoms with Crippen LogP contribution in [-0.4, -0.2) is 64.1 Å². The van der Waals surface area contributed by atoms with Crippen LogP contribution in [0.15, 0.2) is 0 Å². The molecule has 2 unspecified atom stereocenters. The first kappa shape index (κ1) is 14.9. The van der Waals surface area contributed by atoms with Crippen molar-refractivity contribution in [1.29, 1.82) is 0 Å². The molecule has 0 bridgehead atoms. The molecule has 1 aliphatic heterocycles. The summed E-state index contributed by atoms with van der Waals surface area (Å²) < 4.78 is 10.7.